The molecule has 1 fully saturated rings. The van der Waals surface area contributed by atoms with Crippen molar-refractivity contribution in [3.63, 3.8) is 0 Å². The zero-order chi connectivity index (χ0) is 29.0. The van der Waals surface area contributed by atoms with E-state index >= 15 is 0 Å². The third-order valence-electron chi connectivity index (χ3n) is 7.63. The Kier molecular flexibility index (Phi) is 6.52. The molecule has 7 rings (SSSR count). The average Bonchev–Trinajstić information content (AvgIpc) is 3.44. The minimum Gasteiger partial charge on any atom is -0.325 e. The Morgan fingerprint density at radius 2 is 1.55 bits per heavy atom. The Labute approximate surface area is 247 Å². The quantitative estimate of drug-likeness (QED) is 0.266. The number of para-hydroxylation sites is 1. The highest BCUT2D eigenvalue weighted by molar-refractivity contribution is 8.00. The molecular weight excluding hydrogens is 574 g/mol. The smallest absolute Gasteiger partial charge is 0.308 e. The van der Waals surface area contributed by atoms with Gasteiger partial charge in [0.1, 0.15) is 17.6 Å². The van der Waals surface area contributed by atoms with Crippen molar-refractivity contribution in [3.05, 3.63) is 123 Å². The molecule has 2 aliphatic rings. The number of aromatic nitrogens is 1. The molecule has 0 unspecified atom stereocenters. The number of hydrogen-bond acceptors (Lipinski definition) is 6. The van der Waals surface area contributed by atoms with E-state index in [0.29, 0.717) is 26.8 Å². The predicted octanol–water partition coefficient (Wildman–Crippen LogP) is 5.64. The maximum Gasteiger partial charge on any atom is 0.308 e. The second kappa shape index (κ2) is 10.4. The van der Waals surface area contributed by atoms with Crippen molar-refractivity contribution in [3.8, 4) is 0 Å². The number of carbonyl (C=O) groups is 3. The largest absolute Gasteiger partial charge is 0.325 e. The molecule has 5 aromatic rings. The molecule has 1 aromatic heterocycles. The fraction of sp³-hybridized carbons (Fsp3) is 0.125. The highest BCUT2D eigenvalue weighted by atomic mass is 32.2. The molecule has 4 aromatic carbocycles. The van der Waals surface area contributed by atoms with Crippen LogP contribution < -0.4 is 15.1 Å². The van der Waals surface area contributed by atoms with Gasteiger partial charge in [-0.25, -0.2) is 9.29 Å². The number of rotatable bonds is 5. The van der Waals surface area contributed by atoms with E-state index < -0.39 is 28.8 Å². The molecule has 3 atom stereocenters. The van der Waals surface area contributed by atoms with Crippen molar-refractivity contribution in [1.82, 2.24) is 4.57 Å². The second-order valence-corrected chi connectivity index (χ2v) is 12.3. The van der Waals surface area contributed by atoms with Crippen LogP contribution in [0.3, 0.4) is 0 Å². The van der Waals surface area contributed by atoms with E-state index in [0.717, 1.165) is 33.9 Å². The Balaban J connectivity index is 1.26. The van der Waals surface area contributed by atoms with Crippen LogP contribution in [0.5, 0.6) is 0 Å². The van der Waals surface area contributed by atoms with Crippen LogP contribution in [0.25, 0.3) is 10.8 Å². The molecule has 0 bridgehead atoms. The third-order valence-corrected chi connectivity index (χ3v) is 10.2. The number of anilines is 2. The molecular formula is C32H22FN3O4S2. The van der Waals surface area contributed by atoms with Gasteiger partial charge in [0.25, 0.3) is 0 Å². The van der Waals surface area contributed by atoms with E-state index in [-0.39, 0.29) is 23.2 Å². The molecule has 3 heterocycles. The monoisotopic (exact) mass is 595 g/mol. The number of hydrogen-bond donors (Lipinski definition) is 1. The molecule has 0 saturated carbocycles. The van der Waals surface area contributed by atoms with E-state index in [1.54, 1.807) is 48.5 Å². The van der Waals surface area contributed by atoms with Gasteiger partial charge in [-0.05, 0) is 52.7 Å². The zero-order valence-corrected chi connectivity index (χ0v) is 23.5. The summed E-state index contributed by atoms with van der Waals surface area (Å²) in [6.07, 6.45) is 0. The lowest BCUT2D eigenvalue weighted by Gasteiger charge is -2.30. The summed E-state index contributed by atoms with van der Waals surface area (Å²) in [5.41, 5.74) is 1.69. The first-order valence-corrected chi connectivity index (χ1v) is 15.0. The topological polar surface area (TPSA) is 88.5 Å². The molecule has 0 spiro atoms. The van der Waals surface area contributed by atoms with Crippen LogP contribution in [0, 0.1) is 11.7 Å². The molecule has 3 amide bonds. The summed E-state index contributed by atoms with van der Waals surface area (Å²) in [6.45, 7) is -0.261. The Hall–Kier alpha value is -4.54. The van der Waals surface area contributed by atoms with E-state index in [1.165, 1.54) is 21.6 Å². The van der Waals surface area contributed by atoms with E-state index in [1.807, 2.05) is 36.4 Å². The van der Waals surface area contributed by atoms with Crippen LogP contribution in [0.15, 0.2) is 107 Å². The van der Waals surface area contributed by atoms with Crippen molar-refractivity contribution in [2.45, 2.75) is 22.7 Å². The Morgan fingerprint density at radius 3 is 2.31 bits per heavy atom. The summed E-state index contributed by atoms with van der Waals surface area (Å²) >= 11 is 2.10. The van der Waals surface area contributed by atoms with Gasteiger partial charge in [0.2, 0.25) is 17.7 Å². The van der Waals surface area contributed by atoms with Crippen molar-refractivity contribution < 1.29 is 18.8 Å². The molecule has 7 nitrogen and oxygen atoms in total. The summed E-state index contributed by atoms with van der Waals surface area (Å²) in [5, 5.41) is 4.54. The third kappa shape index (κ3) is 4.43. The lowest BCUT2D eigenvalue weighted by atomic mass is 9.83. The lowest BCUT2D eigenvalue weighted by Crippen LogP contribution is -2.33. The Bertz CT molecular complexity index is 1940. The predicted molar refractivity (Wildman–Crippen MR) is 161 cm³/mol. The average molecular weight is 596 g/mol. The minimum atomic E-state index is -0.816. The van der Waals surface area contributed by atoms with E-state index in [2.05, 4.69) is 5.32 Å². The van der Waals surface area contributed by atoms with Gasteiger partial charge in [0.15, 0.2) is 0 Å². The number of thiazole rings is 1. The summed E-state index contributed by atoms with van der Waals surface area (Å²) in [7, 11) is 0. The van der Waals surface area contributed by atoms with Crippen molar-refractivity contribution >= 4 is 63.0 Å². The maximum atomic E-state index is 13.9. The van der Waals surface area contributed by atoms with Gasteiger partial charge in [-0.2, -0.15) is 0 Å². The van der Waals surface area contributed by atoms with Crippen molar-refractivity contribution in [2.24, 2.45) is 5.92 Å². The van der Waals surface area contributed by atoms with Gasteiger partial charge in [-0.15, -0.1) is 0 Å². The molecule has 1 N–H and O–H groups in total. The molecule has 10 heteroatoms. The first-order valence-electron chi connectivity index (χ1n) is 13.3. The van der Waals surface area contributed by atoms with Gasteiger partial charge < -0.3 is 5.32 Å². The molecule has 0 aliphatic carbocycles. The molecule has 42 heavy (non-hydrogen) atoms. The van der Waals surface area contributed by atoms with Crippen LogP contribution in [-0.4, -0.2) is 27.5 Å². The van der Waals surface area contributed by atoms with E-state index in [4.69, 9.17) is 0 Å². The van der Waals surface area contributed by atoms with Crippen LogP contribution in [0.1, 0.15) is 16.4 Å². The standard InChI is InChI=1S/C32H22FN3O4S2/c33-21-13-10-19(11-14-21)25-26-27(30(39)36(29(26)38)23-8-2-1-3-9-23)41-31-28(25)42-32(40)35(31)17-24(37)34-22-15-12-18-6-4-5-7-20(18)16-22/h1-16,25-27H,17H2,(H,34,37)/t25-,26-,27+/m0/s1. The van der Waals surface area contributed by atoms with Gasteiger partial charge in [0.05, 0.1) is 16.6 Å². The molecule has 208 valence electrons. The second-order valence-electron chi connectivity index (χ2n) is 10.2. The molecule has 2 aliphatic heterocycles. The molecule has 1 saturated heterocycles. The number of fused-ring (bicyclic) bond motifs is 3. The normalized spacial score (nSPS) is 19.5. The fourth-order valence-corrected chi connectivity index (χ4v) is 8.50. The summed E-state index contributed by atoms with van der Waals surface area (Å²) in [6, 6.07) is 27.9. The van der Waals surface area contributed by atoms with Crippen LogP contribution >= 0.6 is 23.1 Å². The van der Waals surface area contributed by atoms with Crippen LogP contribution in [0.2, 0.25) is 0 Å². The summed E-state index contributed by atoms with van der Waals surface area (Å²) < 4.78 is 15.3. The van der Waals surface area contributed by atoms with Crippen molar-refractivity contribution in [2.75, 3.05) is 10.2 Å². The highest BCUT2D eigenvalue weighted by Gasteiger charge is 2.56. The number of thioether (sulfide) groups is 1. The fourth-order valence-electron chi connectivity index (χ4n) is 5.73. The molecule has 0 radical (unpaired) electrons. The number of benzene rings is 4. The number of amides is 3. The lowest BCUT2D eigenvalue weighted by molar-refractivity contribution is -0.122. The van der Waals surface area contributed by atoms with Crippen LogP contribution in [0.4, 0.5) is 15.8 Å². The van der Waals surface area contributed by atoms with Crippen molar-refractivity contribution in [1.29, 1.82) is 0 Å². The van der Waals surface area contributed by atoms with Gasteiger partial charge in [-0.1, -0.05) is 83.8 Å². The Morgan fingerprint density at radius 1 is 0.833 bits per heavy atom. The first-order chi connectivity index (χ1) is 20.4. The summed E-state index contributed by atoms with van der Waals surface area (Å²) in [4.78, 5) is 55.5. The van der Waals surface area contributed by atoms with E-state index in [9.17, 15) is 23.6 Å². The number of nitrogens with one attached hydrogen (secondary N) is 1. The van der Waals surface area contributed by atoms with Gasteiger partial charge in [-0.3, -0.25) is 23.7 Å². The SMILES string of the molecule is O=C(Cn1c2c(sc1=O)[C@@H](c1ccc(F)cc1)[C@@H]1C(=O)N(c3ccccc3)C(=O)[C@@H]1S2)Nc1ccc2ccccc2c1. The first kappa shape index (κ1) is 26.4. The highest BCUT2D eigenvalue weighted by Crippen LogP contribution is 2.53. The minimum absolute atomic E-state index is 0.261. The zero-order valence-electron chi connectivity index (χ0n) is 21.9. The number of carbonyl (C=O) groups excluding carboxylic acids is 3. The van der Waals surface area contributed by atoms with Crippen LogP contribution in [-0.2, 0) is 20.9 Å². The van der Waals surface area contributed by atoms with Gasteiger partial charge >= 0.3 is 4.87 Å². The summed E-state index contributed by atoms with van der Waals surface area (Å²) in [5.74, 6) is -3.03. The number of imide groups is 1. The number of nitrogens with zero attached hydrogens (tertiary/aromatic N) is 2. The number of halogens is 1. The maximum absolute atomic E-state index is 13.9. The van der Waals surface area contributed by atoms with Gasteiger partial charge in [0, 0.05) is 16.5 Å².